The van der Waals surface area contributed by atoms with Crippen LogP contribution in [-0.2, 0) is 4.79 Å². The number of hydrogen-bond donors (Lipinski definition) is 1. The van der Waals surface area contributed by atoms with Crippen molar-refractivity contribution in [2.24, 2.45) is 11.3 Å². The summed E-state index contributed by atoms with van der Waals surface area (Å²) in [4.78, 5) is 14.7. The van der Waals surface area contributed by atoms with Crippen molar-refractivity contribution in [1.29, 1.82) is 10.5 Å². The molecule has 0 unspecified atom stereocenters. The predicted molar refractivity (Wildman–Crippen MR) is 88.9 cm³/mol. The van der Waals surface area contributed by atoms with E-state index in [0.29, 0.717) is 17.0 Å². The molecule has 2 heterocycles. The van der Waals surface area contributed by atoms with E-state index >= 15 is 0 Å². The second-order valence-electron chi connectivity index (χ2n) is 7.48. The molecular weight excluding hydrogens is 322 g/mol. The van der Waals surface area contributed by atoms with Crippen LogP contribution >= 0.6 is 11.8 Å². The number of carbonyl (C=O) groups is 1. The van der Waals surface area contributed by atoms with Crippen molar-refractivity contribution in [2.75, 3.05) is 0 Å². The van der Waals surface area contributed by atoms with Gasteiger partial charge < -0.3 is 5.11 Å². The summed E-state index contributed by atoms with van der Waals surface area (Å²) in [7, 11) is 0. The average Bonchev–Trinajstić information content (AvgIpc) is 2.89. The Balaban J connectivity index is 1.91. The van der Waals surface area contributed by atoms with Crippen molar-refractivity contribution >= 4 is 17.7 Å². The van der Waals surface area contributed by atoms with Crippen LogP contribution in [0.4, 0.5) is 0 Å². The van der Waals surface area contributed by atoms with Gasteiger partial charge in [0.15, 0.2) is 5.72 Å². The first-order valence-corrected chi connectivity index (χ1v) is 9.74. The van der Waals surface area contributed by atoms with Crippen LogP contribution in [0.25, 0.3) is 0 Å². The van der Waals surface area contributed by atoms with Gasteiger partial charge in [0.25, 0.3) is 0 Å². The van der Waals surface area contributed by atoms with E-state index in [2.05, 4.69) is 12.1 Å². The minimum absolute atomic E-state index is 0.0772. The molecule has 0 radical (unpaired) electrons. The van der Waals surface area contributed by atoms with Gasteiger partial charge in [-0.3, -0.25) is 9.69 Å². The van der Waals surface area contributed by atoms with Crippen molar-refractivity contribution < 1.29 is 9.90 Å². The molecule has 1 N–H and O–H groups in total. The molecule has 24 heavy (non-hydrogen) atoms. The molecule has 0 bridgehead atoms. The van der Waals surface area contributed by atoms with Crippen molar-refractivity contribution in [1.82, 2.24) is 4.90 Å². The molecule has 6 heteroatoms. The number of aliphatic hydroxyl groups is 1. The molecule has 2 saturated carbocycles. The largest absolute Gasteiger partial charge is 0.369 e. The Kier molecular flexibility index (Phi) is 3.67. The highest BCUT2D eigenvalue weighted by molar-refractivity contribution is 8.04. The van der Waals surface area contributed by atoms with Gasteiger partial charge in [-0.25, -0.2) is 0 Å². The molecule has 1 saturated heterocycles. The SMILES string of the molecule is N#CC1=C2S[C@@H]3CCCC[C@@]3(O)N2C(=O)[C@@H](C#N)C12CCCCC2. The fourth-order valence-electron chi connectivity index (χ4n) is 5.12. The maximum atomic E-state index is 13.2. The van der Waals surface area contributed by atoms with Crippen LogP contribution in [0.5, 0.6) is 0 Å². The van der Waals surface area contributed by atoms with E-state index in [9.17, 15) is 20.4 Å². The van der Waals surface area contributed by atoms with Gasteiger partial charge in [-0.05, 0) is 32.1 Å². The summed E-state index contributed by atoms with van der Waals surface area (Å²) in [5, 5.41) is 31.5. The van der Waals surface area contributed by atoms with Gasteiger partial charge in [0.05, 0.1) is 28.0 Å². The highest BCUT2D eigenvalue weighted by atomic mass is 32.2. The van der Waals surface area contributed by atoms with Crippen LogP contribution in [0.2, 0.25) is 0 Å². The van der Waals surface area contributed by atoms with E-state index in [-0.39, 0.29) is 11.2 Å². The van der Waals surface area contributed by atoms with Gasteiger partial charge in [-0.2, -0.15) is 10.5 Å². The number of hydrogen-bond acceptors (Lipinski definition) is 5. The summed E-state index contributed by atoms with van der Waals surface area (Å²) in [6, 6.07) is 4.56. The van der Waals surface area contributed by atoms with Crippen molar-refractivity contribution in [2.45, 2.75) is 68.8 Å². The number of rotatable bonds is 0. The molecule has 3 atom stereocenters. The zero-order valence-electron chi connectivity index (χ0n) is 13.6. The van der Waals surface area contributed by atoms with Crippen LogP contribution in [-0.4, -0.2) is 26.9 Å². The van der Waals surface area contributed by atoms with E-state index in [1.807, 2.05) is 0 Å². The van der Waals surface area contributed by atoms with Gasteiger partial charge in [0, 0.05) is 5.41 Å². The molecule has 0 aromatic carbocycles. The molecule has 1 amide bonds. The number of fused-ring (bicyclic) bond motifs is 3. The molecule has 0 aromatic rings. The summed E-state index contributed by atoms with van der Waals surface area (Å²) in [6.45, 7) is 0. The maximum absolute atomic E-state index is 13.2. The lowest BCUT2D eigenvalue weighted by Crippen LogP contribution is -2.59. The zero-order valence-corrected chi connectivity index (χ0v) is 14.4. The lowest BCUT2D eigenvalue weighted by atomic mass is 9.60. The third-order valence-corrected chi connectivity index (χ3v) is 7.85. The van der Waals surface area contributed by atoms with Crippen molar-refractivity contribution in [3.63, 3.8) is 0 Å². The van der Waals surface area contributed by atoms with E-state index in [1.165, 1.54) is 16.7 Å². The predicted octanol–water partition coefficient (Wildman–Crippen LogP) is 3.03. The quantitative estimate of drug-likeness (QED) is 0.730. The molecule has 4 aliphatic rings. The summed E-state index contributed by atoms with van der Waals surface area (Å²) in [6.07, 6.45) is 7.71. The topological polar surface area (TPSA) is 88.1 Å². The fourth-order valence-corrected chi connectivity index (χ4v) is 6.81. The number of nitriles is 2. The Morgan fingerprint density at radius 3 is 2.50 bits per heavy atom. The van der Waals surface area contributed by atoms with Gasteiger partial charge in [-0.1, -0.05) is 37.4 Å². The van der Waals surface area contributed by atoms with Crippen LogP contribution in [0.3, 0.4) is 0 Å². The normalized spacial score (nSPS) is 37.6. The average molecular weight is 343 g/mol. The molecule has 0 aromatic heterocycles. The molecule has 2 aliphatic heterocycles. The summed E-state index contributed by atoms with van der Waals surface area (Å²) >= 11 is 1.50. The Hall–Kier alpha value is -1.50. The van der Waals surface area contributed by atoms with Gasteiger partial charge in [-0.15, -0.1) is 0 Å². The number of nitrogens with zero attached hydrogens (tertiary/aromatic N) is 3. The standard InChI is InChI=1S/C18H21N3O2S/c19-10-12-15(22)21-16(24-14-6-2-5-9-18(14,21)23)13(11-20)17(12)7-3-1-4-8-17/h12,14,23H,1-9H2/t12-,14-,18+/m1/s1. The van der Waals surface area contributed by atoms with Gasteiger partial charge in [0.2, 0.25) is 5.91 Å². The number of carbonyl (C=O) groups excluding carboxylic acids is 1. The third kappa shape index (κ3) is 1.87. The Morgan fingerprint density at radius 2 is 1.83 bits per heavy atom. The molecule has 2 aliphatic carbocycles. The van der Waals surface area contributed by atoms with Crippen LogP contribution in [0.1, 0.15) is 57.8 Å². The van der Waals surface area contributed by atoms with Crippen LogP contribution < -0.4 is 0 Å². The van der Waals surface area contributed by atoms with E-state index in [4.69, 9.17) is 0 Å². The fraction of sp³-hybridized carbons (Fsp3) is 0.722. The molecule has 126 valence electrons. The minimum atomic E-state index is -1.22. The lowest BCUT2D eigenvalue weighted by Gasteiger charge is -2.48. The maximum Gasteiger partial charge on any atom is 0.248 e. The second-order valence-corrected chi connectivity index (χ2v) is 8.67. The number of thioether (sulfide) groups is 1. The monoisotopic (exact) mass is 343 g/mol. The number of amides is 1. The second kappa shape index (κ2) is 5.51. The molecule has 4 rings (SSSR count). The van der Waals surface area contributed by atoms with E-state index < -0.39 is 17.1 Å². The van der Waals surface area contributed by atoms with Gasteiger partial charge in [0.1, 0.15) is 5.92 Å². The first-order chi connectivity index (χ1) is 11.6. The van der Waals surface area contributed by atoms with E-state index in [1.54, 1.807) is 0 Å². The molecular formula is C18H21N3O2S. The highest BCUT2D eigenvalue weighted by Gasteiger charge is 2.63. The smallest absolute Gasteiger partial charge is 0.248 e. The Bertz CT molecular complexity index is 698. The van der Waals surface area contributed by atoms with Crippen LogP contribution in [0.15, 0.2) is 10.6 Å². The summed E-state index contributed by atoms with van der Waals surface area (Å²) < 4.78 is 0. The number of allylic oxidation sites excluding steroid dienone is 1. The van der Waals surface area contributed by atoms with Gasteiger partial charge >= 0.3 is 0 Å². The Labute approximate surface area is 146 Å². The zero-order chi connectivity index (χ0) is 16.9. The van der Waals surface area contributed by atoms with Crippen LogP contribution in [0, 0.1) is 34.0 Å². The third-order valence-electron chi connectivity index (χ3n) is 6.34. The molecule has 1 spiro atoms. The molecule has 5 nitrogen and oxygen atoms in total. The first-order valence-electron chi connectivity index (χ1n) is 8.86. The minimum Gasteiger partial charge on any atom is -0.369 e. The van der Waals surface area contributed by atoms with Crippen molar-refractivity contribution in [3.8, 4) is 12.1 Å². The molecule has 3 fully saturated rings. The summed E-state index contributed by atoms with van der Waals surface area (Å²) in [5.41, 5.74) is -1.27. The first kappa shape index (κ1) is 16.0. The van der Waals surface area contributed by atoms with Crippen molar-refractivity contribution in [3.05, 3.63) is 10.6 Å². The highest BCUT2D eigenvalue weighted by Crippen LogP contribution is 2.61. The lowest BCUT2D eigenvalue weighted by molar-refractivity contribution is -0.162. The Morgan fingerprint density at radius 1 is 1.12 bits per heavy atom. The summed E-state index contributed by atoms with van der Waals surface area (Å²) in [5.74, 6) is -1.13. The van der Waals surface area contributed by atoms with E-state index in [0.717, 1.165) is 51.4 Å².